The normalized spacial score (nSPS) is 10.1. The van der Waals surface area contributed by atoms with E-state index in [1.165, 1.54) is 0 Å². The van der Waals surface area contributed by atoms with Crippen LogP contribution in [0.3, 0.4) is 0 Å². The zero-order valence-electron chi connectivity index (χ0n) is 9.73. The lowest BCUT2D eigenvalue weighted by Crippen LogP contribution is -2.13. The molecular formula is C12H17N3O. The Kier molecular flexibility index (Phi) is 5.30. The number of nitrogens with one attached hydrogen (secondary N) is 1. The third kappa shape index (κ3) is 4.28. The molecule has 1 N–H and O–H groups in total. The van der Waals surface area contributed by atoms with Gasteiger partial charge in [-0.2, -0.15) is 5.26 Å². The molecule has 0 fully saturated rings. The first-order valence-electron chi connectivity index (χ1n) is 5.40. The van der Waals surface area contributed by atoms with Crippen LogP contribution in [0.4, 0.5) is 5.69 Å². The van der Waals surface area contributed by atoms with Crippen molar-refractivity contribution >= 4 is 5.69 Å². The molecule has 1 aromatic heterocycles. The number of pyridine rings is 1. The fourth-order valence-corrected chi connectivity index (χ4v) is 1.21. The molecule has 16 heavy (non-hydrogen) atoms. The van der Waals surface area contributed by atoms with Crippen molar-refractivity contribution in [1.29, 1.82) is 5.26 Å². The molecule has 4 nitrogen and oxygen atoms in total. The topological polar surface area (TPSA) is 57.9 Å². The molecule has 0 spiro atoms. The van der Waals surface area contributed by atoms with E-state index in [2.05, 4.69) is 24.1 Å². The first-order valence-corrected chi connectivity index (χ1v) is 5.40. The number of hydrogen-bond donors (Lipinski definition) is 1. The molecule has 0 radical (unpaired) electrons. The number of hydrogen-bond acceptors (Lipinski definition) is 4. The van der Waals surface area contributed by atoms with Crippen LogP contribution in [0.5, 0.6) is 0 Å². The number of nitriles is 1. The van der Waals surface area contributed by atoms with Gasteiger partial charge in [0, 0.05) is 19.3 Å². The molecule has 0 saturated carbocycles. The molecular weight excluding hydrogens is 202 g/mol. The molecule has 1 heterocycles. The number of anilines is 1. The summed E-state index contributed by atoms with van der Waals surface area (Å²) >= 11 is 0. The van der Waals surface area contributed by atoms with Gasteiger partial charge in [0.1, 0.15) is 6.07 Å². The van der Waals surface area contributed by atoms with Crippen LogP contribution < -0.4 is 5.32 Å². The summed E-state index contributed by atoms with van der Waals surface area (Å²) in [6.07, 6.45) is 1.61. The molecule has 0 atom stereocenters. The Bertz CT molecular complexity index is 358. The molecule has 0 bridgehead atoms. The molecule has 86 valence electrons. The van der Waals surface area contributed by atoms with E-state index in [0.29, 0.717) is 24.8 Å². The van der Waals surface area contributed by atoms with Crippen molar-refractivity contribution < 1.29 is 4.74 Å². The first kappa shape index (κ1) is 12.5. The second-order valence-corrected chi connectivity index (χ2v) is 3.91. The van der Waals surface area contributed by atoms with Gasteiger partial charge in [-0.3, -0.25) is 0 Å². The van der Waals surface area contributed by atoms with Crippen LogP contribution in [0.25, 0.3) is 0 Å². The van der Waals surface area contributed by atoms with Gasteiger partial charge in [-0.25, -0.2) is 4.98 Å². The van der Waals surface area contributed by atoms with E-state index in [1.807, 2.05) is 12.1 Å². The monoisotopic (exact) mass is 219 g/mol. The van der Waals surface area contributed by atoms with Gasteiger partial charge in [0.15, 0.2) is 5.69 Å². The average Bonchev–Trinajstić information content (AvgIpc) is 2.29. The van der Waals surface area contributed by atoms with Gasteiger partial charge >= 0.3 is 0 Å². The minimum absolute atomic E-state index is 0.423. The largest absolute Gasteiger partial charge is 0.380 e. The fraction of sp³-hybridized carbons (Fsp3) is 0.500. The molecule has 0 saturated heterocycles. The van der Waals surface area contributed by atoms with Gasteiger partial charge in [-0.15, -0.1) is 0 Å². The van der Waals surface area contributed by atoms with E-state index in [1.54, 1.807) is 12.3 Å². The van der Waals surface area contributed by atoms with Gasteiger partial charge in [-0.1, -0.05) is 13.8 Å². The van der Waals surface area contributed by atoms with Crippen molar-refractivity contribution in [2.75, 3.05) is 25.1 Å². The molecule has 0 aliphatic rings. The Labute approximate surface area is 96.3 Å². The van der Waals surface area contributed by atoms with Crippen molar-refractivity contribution in [1.82, 2.24) is 4.98 Å². The number of rotatable bonds is 6. The van der Waals surface area contributed by atoms with E-state index in [4.69, 9.17) is 10.00 Å². The van der Waals surface area contributed by atoms with Crippen LogP contribution in [0, 0.1) is 17.2 Å². The summed E-state index contributed by atoms with van der Waals surface area (Å²) in [5, 5.41) is 11.9. The zero-order valence-corrected chi connectivity index (χ0v) is 9.73. The number of nitrogens with zero attached hydrogens (tertiary/aromatic N) is 2. The van der Waals surface area contributed by atoms with Crippen LogP contribution in [0.15, 0.2) is 18.3 Å². The third-order valence-electron chi connectivity index (χ3n) is 1.93. The summed E-state index contributed by atoms with van der Waals surface area (Å²) < 4.78 is 5.42. The lowest BCUT2D eigenvalue weighted by molar-refractivity contribution is 0.118. The standard InChI is InChI=1S/C12H17N3O/c1-10(2)9-16-7-6-15-11-4-3-5-14-12(11)8-13/h3-5,10,15H,6-7,9H2,1-2H3. The summed E-state index contributed by atoms with van der Waals surface area (Å²) in [5.41, 5.74) is 1.18. The van der Waals surface area contributed by atoms with Gasteiger partial charge in [-0.05, 0) is 18.1 Å². The Balaban J connectivity index is 2.30. The number of aromatic nitrogens is 1. The molecule has 0 unspecified atom stereocenters. The Morgan fingerprint density at radius 3 is 3.06 bits per heavy atom. The summed E-state index contributed by atoms with van der Waals surface area (Å²) in [5.74, 6) is 0.549. The van der Waals surface area contributed by atoms with E-state index >= 15 is 0 Å². The highest BCUT2D eigenvalue weighted by atomic mass is 16.5. The molecule has 0 aliphatic heterocycles. The Morgan fingerprint density at radius 1 is 1.56 bits per heavy atom. The van der Waals surface area contributed by atoms with Gasteiger partial charge in [0.05, 0.1) is 12.3 Å². The van der Waals surface area contributed by atoms with Crippen molar-refractivity contribution in [2.24, 2.45) is 5.92 Å². The van der Waals surface area contributed by atoms with Crippen LogP contribution in [0.2, 0.25) is 0 Å². The Morgan fingerprint density at radius 2 is 2.38 bits per heavy atom. The third-order valence-corrected chi connectivity index (χ3v) is 1.93. The summed E-state index contributed by atoms with van der Waals surface area (Å²) in [6.45, 7) is 6.32. The minimum atomic E-state index is 0.423. The van der Waals surface area contributed by atoms with Crippen LogP contribution >= 0.6 is 0 Å². The number of ether oxygens (including phenoxy) is 1. The summed E-state index contributed by atoms with van der Waals surface area (Å²) in [4.78, 5) is 3.96. The molecule has 1 aromatic rings. The van der Waals surface area contributed by atoms with E-state index < -0.39 is 0 Å². The predicted molar refractivity (Wildman–Crippen MR) is 63.1 cm³/mol. The molecule has 4 heteroatoms. The SMILES string of the molecule is CC(C)COCCNc1cccnc1C#N. The summed E-state index contributed by atoms with van der Waals surface area (Å²) in [6, 6.07) is 5.69. The fourth-order valence-electron chi connectivity index (χ4n) is 1.21. The van der Waals surface area contributed by atoms with E-state index in [0.717, 1.165) is 12.3 Å². The lowest BCUT2D eigenvalue weighted by atomic mass is 10.2. The van der Waals surface area contributed by atoms with Crippen molar-refractivity contribution in [2.45, 2.75) is 13.8 Å². The smallest absolute Gasteiger partial charge is 0.163 e. The molecule has 0 aromatic carbocycles. The highest BCUT2D eigenvalue weighted by molar-refractivity contribution is 5.53. The highest BCUT2D eigenvalue weighted by Crippen LogP contribution is 2.09. The first-order chi connectivity index (χ1) is 7.74. The quantitative estimate of drug-likeness (QED) is 0.744. The lowest BCUT2D eigenvalue weighted by Gasteiger charge is -2.09. The molecule has 1 rings (SSSR count). The average molecular weight is 219 g/mol. The van der Waals surface area contributed by atoms with Gasteiger partial charge < -0.3 is 10.1 Å². The Hall–Kier alpha value is -1.60. The van der Waals surface area contributed by atoms with E-state index in [9.17, 15) is 0 Å². The van der Waals surface area contributed by atoms with Crippen molar-refractivity contribution in [3.05, 3.63) is 24.0 Å². The zero-order chi connectivity index (χ0) is 11.8. The molecule has 0 amide bonds. The van der Waals surface area contributed by atoms with E-state index in [-0.39, 0.29) is 0 Å². The van der Waals surface area contributed by atoms with Crippen LogP contribution in [-0.4, -0.2) is 24.7 Å². The predicted octanol–water partition coefficient (Wildman–Crippen LogP) is 2.04. The van der Waals surface area contributed by atoms with Crippen molar-refractivity contribution in [3.63, 3.8) is 0 Å². The maximum atomic E-state index is 8.81. The second kappa shape index (κ2) is 6.81. The minimum Gasteiger partial charge on any atom is -0.380 e. The maximum absolute atomic E-state index is 8.81. The summed E-state index contributed by atoms with van der Waals surface area (Å²) in [7, 11) is 0. The van der Waals surface area contributed by atoms with Crippen molar-refractivity contribution in [3.8, 4) is 6.07 Å². The van der Waals surface area contributed by atoms with Crippen LogP contribution in [0.1, 0.15) is 19.5 Å². The van der Waals surface area contributed by atoms with Gasteiger partial charge in [0.25, 0.3) is 0 Å². The maximum Gasteiger partial charge on any atom is 0.163 e. The second-order valence-electron chi connectivity index (χ2n) is 3.91. The van der Waals surface area contributed by atoms with Crippen LogP contribution in [-0.2, 0) is 4.74 Å². The van der Waals surface area contributed by atoms with Gasteiger partial charge in [0.2, 0.25) is 0 Å². The molecule has 0 aliphatic carbocycles. The highest BCUT2D eigenvalue weighted by Gasteiger charge is 2.00.